The van der Waals surface area contributed by atoms with E-state index in [0.29, 0.717) is 30.6 Å². The number of sulfone groups is 1. The number of aryl methyl sites for hydroxylation is 1. The molecule has 1 unspecified atom stereocenters. The van der Waals surface area contributed by atoms with Gasteiger partial charge in [-0.1, -0.05) is 33.4 Å². The predicted molar refractivity (Wildman–Crippen MR) is 150 cm³/mol. The van der Waals surface area contributed by atoms with Gasteiger partial charge in [0.05, 0.1) is 42.6 Å². The lowest BCUT2D eigenvalue weighted by atomic mass is 10.2. The molecule has 0 saturated carbocycles. The Balaban J connectivity index is 0.00000326. The van der Waals surface area contributed by atoms with Crippen LogP contribution in [-0.2, 0) is 22.8 Å². The highest BCUT2D eigenvalue weighted by atomic mass is 32.2. The van der Waals surface area contributed by atoms with E-state index >= 15 is 0 Å². The number of aliphatic hydroxyl groups is 1. The molecule has 1 atom stereocenters. The Bertz CT molecular complexity index is 1250. The van der Waals surface area contributed by atoms with E-state index in [0.717, 1.165) is 12.5 Å². The van der Waals surface area contributed by atoms with Gasteiger partial charge in [0.2, 0.25) is 0 Å². The van der Waals surface area contributed by atoms with Crippen molar-refractivity contribution in [1.82, 2.24) is 19.9 Å². The maximum atomic E-state index is 13.7. The molecule has 0 spiro atoms. The number of alkyl halides is 3. The number of halogens is 3. The number of hydrogen-bond acceptors (Lipinski definition) is 7. The summed E-state index contributed by atoms with van der Waals surface area (Å²) in [6.07, 6.45) is 5.69. The van der Waals surface area contributed by atoms with Crippen LogP contribution in [0.2, 0.25) is 0 Å². The van der Waals surface area contributed by atoms with Gasteiger partial charge in [-0.2, -0.15) is 8.78 Å². The summed E-state index contributed by atoms with van der Waals surface area (Å²) in [6, 6.07) is 1.21. The molecule has 2 heterocycles. The van der Waals surface area contributed by atoms with E-state index in [1.807, 2.05) is 13.8 Å². The standard InChI is InChI=1S/C23H31F2N5O3S.C2H6.CH3F/c1-7-17(31)10-9-16(12-26-5)13-28-22(34(32,33)8-2)15(3)21-29-18-11-20(23(4,24)25)27-14-19(18)30(21)6;2*1-2/h7,9-11,14-15,26,31H,1,8,12-13H2,2-6H3;1-2H3;1H3/b16-9+,17-10+,28-22?;;. The van der Waals surface area contributed by atoms with Crippen molar-refractivity contribution in [2.45, 2.75) is 46.5 Å². The summed E-state index contributed by atoms with van der Waals surface area (Å²) in [6.45, 7) is 11.9. The van der Waals surface area contributed by atoms with Gasteiger partial charge >= 0.3 is 0 Å². The molecule has 2 rings (SSSR count). The number of imidazole rings is 1. The minimum absolute atomic E-state index is 0.0299. The molecule has 0 aliphatic rings. The summed E-state index contributed by atoms with van der Waals surface area (Å²) in [5, 5.41) is 12.5. The summed E-state index contributed by atoms with van der Waals surface area (Å²) in [5.74, 6) is -3.68. The number of hydrogen-bond donors (Lipinski definition) is 2. The molecule has 0 radical (unpaired) electrons. The van der Waals surface area contributed by atoms with Crippen LogP contribution in [0.4, 0.5) is 13.2 Å². The normalized spacial score (nSPS) is 13.8. The van der Waals surface area contributed by atoms with E-state index in [2.05, 4.69) is 26.9 Å². The minimum atomic E-state index is -3.71. The van der Waals surface area contributed by atoms with E-state index in [4.69, 9.17) is 0 Å². The number of nitrogens with one attached hydrogen (secondary N) is 1. The van der Waals surface area contributed by atoms with Gasteiger partial charge < -0.3 is 15.0 Å². The smallest absolute Gasteiger partial charge is 0.287 e. The Labute approximate surface area is 224 Å². The number of allylic oxidation sites excluding steroid dienone is 3. The first kappa shape index (κ1) is 35.0. The second kappa shape index (κ2) is 16.1. The van der Waals surface area contributed by atoms with Gasteiger partial charge in [-0.25, -0.2) is 13.4 Å². The van der Waals surface area contributed by atoms with Gasteiger partial charge in [0.15, 0.2) is 9.84 Å². The monoisotopic (exact) mass is 559 g/mol. The van der Waals surface area contributed by atoms with E-state index < -0.39 is 27.4 Å². The number of nitrogens with zero attached hydrogens (tertiary/aromatic N) is 4. The first-order valence-corrected chi connectivity index (χ1v) is 13.7. The van der Waals surface area contributed by atoms with Gasteiger partial charge in [0.25, 0.3) is 5.92 Å². The first-order chi connectivity index (χ1) is 17.8. The van der Waals surface area contributed by atoms with Crippen molar-refractivity contribution in [1.29, 1.82) is 0 Å². The Morgan fingerprint density at radius 1 is 1.32 bits per heavy atom. The molecule has 0 aliphatic heterocycles. The van der Waals surface area contributed by atoms with Gasteiger partial charge in [0.1, 0.15) is 22.3 Å². The highest BCUT2D eigenvalue weighted by Gasteiger charge is 2.30. The number of fused-ring (bicyclic) bond motifs is 1. The number of pyridine rings is 1. The lowest BCUT2D eigenvalue weighted by Gasteiger charge is -2.15. The average molecular weight is 560 g/mol. The summed E-state index contributed by atoms with van der Waals surface area (Å²) in [4.78, 5) is 12.7. The molecule has 0 amide bonds. The number of aliphatic hydroxyl groups excluding tert-OH is 1. The van der Waals surface area contributed by atoms with E-state index in [1.54, 1.807) is 31.7 Å². The summed E-state index contributed by atoms with van der Waals surface area (Å²) in [7, 11) is 0.210. The van der Waals surface area contributed by atoms with Crippen LogP contribution in [0.15, 0.2) is 53.4 Å². The van der Waals surface area contributed by atoms with E-state index in [-0.39, 0.29) is 23.1 Å². The Kier molecular flexibility index (Phi) is 14.8. The highest BCUT2D eigenvalue weighted by molar-refractivity contribution is 8.06. The quantitative estimate of drug-likeness (QED) is 0.175. The molecule has 0 saturated heterocycles. The lowest BCUT2D eigenvalue weighted by molar-refractivity contribution is 0.0129. The molecular weight excluding hydrogens is 519 g/mol. The molecule has 2 aromatic rings. The number of aliphatic imine (C=N–C) groups is 1. The maximum Gasteiger partial charge on any atom is 0.287 e. The van der Waals surface area contributed by atoms with Crippen molar-refractivity contribution >= 4 is 25.9 Å². The molecule has 2 aromatic heterocycles. The topological polar surface area (TPSA) is 109 Å². The summed E-state index contributed by atoms with van der Waals surface area (Å²) < 4.78 is 64.4. The predicted octanol–water partition coefficient (Wildman–Crippen LogP) is 5.40. The van der Waals surface area contributed by atoms with Crippen LogP contribution in [0.25, 0.3) is 11.0 Å². The average Bonchev–Trinajstić information content (AvgIpc) is 3.24. The molecule has 0 aliphatic carbocycles. The van der Waals surface area contributed by atoms with Crippen LogP contribution >= 0.6 is 0 Å². The van der Waals surface area contributed by atoms with Crippen molar-refractivity contribution in [2.75, 3.05) is 33.1 Å². The second-order valence-electron chi connectivity index (χ2n) is 7.91. The zero-order chi connectivity index (χ0) is 29.7. The molecular formula is C26H40F3N5O3S. The van der Waals surface area contributed by atoms with Gasteiger partial charge in [-0.3, -0.25) is 14.4 Å². The molecule has 8 nitrogen and oxygen atoms in total. The Hall–Kier alpha value is -2.99. The molecule has 2 N–H and O–H groups in total. The fourth-order valence-corrected chi connectivity index (χ4v) is 4.54. The zero-order valence-electron chi connectivity index (χ0n) is 23.4. The molecule has 38 heavy (non-hydrogen) atoms. The van der Waals surface area contributed by atoms with Crippen LogP contribution in [0.3, 0.4) is 0 Å². The van der Waals surface area contributed by atoms with Gasteiger partial charge in [0, 0.05) is 20.5 Å². The molecule has 12 heteroatoms. The van der Waals surface area contributed by atoms with Crippen LogP contribution in [0.1, 0.15) is 52.1 Å². The van der Waals surface area contributed by atoms with E-state index in [1.165, 1.54) is 31.3 Å². The molecule has 0 fully saturated rings. The third kappa shape index (κ3) is 9.39. The van der Waals surface area contributed by atoms with Crippen LogP contribution in [0, 0.1) is 0 Å². The first-order valence-electron chi connectivity index (χ1n) is 12.1. The fourth-order valence-electron chi connectivity index (χ4n) is 3.34. The fraction of sp³-hybridized carbons (Fsp3) is 0.500. The SMILES string of the molecule is C=C/C(O)=C\C=C(\CN=C(C(C)c1nc2cc(C(C)(F)F)ncc2n1C)S(=O)(=O)CC)CNC.CC.CF. The minimum Gasteiger partial charge on any atom is -0.508 e. The van der Waals surface area contributed by atoms with Gasteiger partial charge in [-0.15, -0.1) is 0 Å². The van der Waals surface area contributed by atoms with Crippen LogP contribution in [-0.4, -0.2) is 66.2 Å². The summed E-state index contributed by atoms with van der Waals surface area (Å²) >= 11 is 0. The number of rotatable bonds is 10. The maximum absolute atomic E-state index is 13.7. The van der Waals surface area contributed by atoms with Crippen LogP contribution < -0.4 is 5.32 Å². The second-order valence-corrected chi connectivity index (χ2v) is 10.1. The van der Waals surface area contributed by atoms with Crippen LogP contribution in [0.5, 0.6) is 0 Å². The van der Waals surface area contributed by atoms with Crippen molar-refractivity contribution < 1.29 is 26.7 Å². The largest absolute Gasteiger partial charge is 0.508 e. The highest BCUT2D eigenvalue weighted by Crippen LogP contribution is 2.29. The Morgan fingerprint density at radius 3 is 2.42 bits per heavy atom. The third-order valence-corrected chi connectivity index (χ3v) is 7.13. The summed E-state index contributed by atoms with van der Waals surface area (Å²) in [5.41, 5.74) is 1.12. The number of aromatic nitrogens is 3. The zero-order valence-corrected chi connectivity index (χ0v) is 24.2. The Morgan fingerprint density at radius 2 is 1.92 bits per heavy atom. The molecule has 0 aromatic carbocycles. The molecule has 214 valence electrons. The number of likely N-dealkylation sites (N-methyl/N-ethyl adjacent to an activating group) is 1. The third-order valence-electron chi connectivity index (χ3n) is 5.25. The molecule has 0 bridgehead atoms. The van der Waals surface area contributed by atoms with Crippen molar-refractivity contribution in [3.63, 3.8) is 0 Å². The van der Waals surface area contributed by atoms with Gasteiger partial charge in [-0.05, 0) is 37.8 Å². The van der Waals surface area contributed by atoms with E-state index in [9.17, 15) is 26.7 Å². The lowest BCUT2D eigenvalue weighted by Crippen LogP contribution is -2.26. The van der Waals surface area contributed by atoms with Crippen molar-refractivity contribution in [2.24, 2.45) is 12.0 Å². The van der Waals surface area contributed by atoms with Crippen molar-refractivity contribution in [3.05, 3.63) is 59.9 Å². The van der Waals surface area contributed by atoms with Crippen molar-refractivity contribution in [3.8, 4) is 0 Å².